The molecular weight excluding hydrogens is 256 g/mol. The molecule has 0 spiro atoms. The van der Waals surface area contributed by atoms with Gasteiger partial charge < -0.3 is 15.2 Å². The SMILES string of the molecule is Cc1csc(CNC(=O)C2CCC(C(=O)O)O2)n1. The minimum atomic E-state index is -1.01. The lowest BCUT2D eigenvalue weighted by atomic mass is 10.2. The van der Waals surface area contributed by atoms with Crippen molar-refractivity contribution in [2.75, 3.05) is 0 Å². The summed E-state index contributed by atoms with van der Waals surface area (Å²) in [5.74, 6) is -1.28. The molecule has 1 saturated heterocycles. The summed E-state index contributed by atoms with van der Waals surface area (Å²) in [4.78, 5) is 26.6. The second kappa shape index (κ2) is 5.45. The molecule has 2 heterocycles. The highest BCUT2D eigenvalue weighted by atomic mass is 32.1. The molecule has 18 heavy (non-hydrogen) atoms. The number of aliphatic carboxylic acids is 1. The van der Waals surface area contributed by atoms with Crippen molar-refractivity contribution < 1.29 is 19.4 Å². The normalized spacial score (nSPS) is 22.9. The Labute approximate surface area is 108 Å². The van der Waals surface area contributed by atoms with Gasteiger partial charge in [0.2, 0.25) is 5.91 Å². The van der Waals surface area contributed by atoms with E-state index in [1.807, 2.05) is 12.3 Å². The number of carbonyl (C=O) groups excluding carboxylic acids is 1. The number of amides is 1. The highest BCUT2D eigenvalue weighted by Crippen LogP contribution is 2.20. The Balaban J connectivity index is 1.80. The fourth-order valence-electron chi connectivity index (χ4n) is 1.77. The molecule has 1 aromatic heterocycles. The Morgan fingerprint density at radius 2 is 2.28 bits per heavy atom. The van der Waals surface area contributed by atoms with Gasteiger partial charge in [-0.3, -0.25) is 4.79 Å². The van der Waals surface area contributed by atoms with Crippen molar-refractivity contribution in [3.63, 3.8) is 0 Å². The summed E-state index contributed by atoms with van der Waals surface area (Å²) >= 11 is 1.48. The fourth-order valence-corrected chi connectivity index (χ4v) is 2.48. The van der Waals surface area contributed by atoms with Gasteiger partial charge in [0.25, 0.3) is 0 Å². The first kappa shape index (κ1) is 13.0. The van der Waals surface area contributed by atoms with Crippen LogP contribution in [0.1, 0.15) is 23.5 Å². The smallest absolute Gasteiger partial charge is 0.332 e. The van der Waals surface area contributed by atoms with E-state index in [0.717, 1.165) is 10.7 Å². The van der Waals surface area contributed by atoms with Crippen LogP contribution in [0.2, 0.25) is 0 Å². The average molecular weight is 270 g/mol. The van der Waals surface area contributed by atoms with Gasteiger partial charge in [-0.25, -0.2) is 9.78 Å². The molecule has 2 N–H and O–H groups in total. The van der Waals surface area contributed by atoms with Gasteiger partial charge >= 0.3 is 5.97 Å². The van der Waals surface area contributed by atoms with Crippen molar-refractivity contribution in [1.29, 1.82) is 0 Å². The topological polar surface area (TPSA) is 88.5 Å². The number of thiazole rings is 1. The number of carbonyl (C=O) groups is 2. The number of aryl methyl sites for hydroxylation is 1. The van der Waals surface area contributed by atoms with E-state index in [1.54, 1.807) is 0 Å². The highest BCUT2D eigenvalue weighted by Gasteiger charge is 2.34. The molecule has 1 aliphatic rings. The number of aromatic nitrogens is 1. The summed E-state index contributed by atoms with van der Waals surface area (Å²) in [6, 6.07) is 0. The molecule has 0 radical (unpaired) electrons. The van der Waals surface area contributed by atoms with E-state index in [-0.39, 0.29) is 5.91 Å². The highest BCUT2D eigenvalue weighted by molar-refractivity contribution is 7.09. The summed E-state index contributed by atoms with van der Waals surface area (Å²) < 4.78 is 5.15. The number of nitrogens with zero attached hydrogens (tertiary/aromatic N) is 1. The van der Waals surface area contributed by atoms with Crippen LogP contribution in [0.4, 0.5) is 0 Å². The molecular formula is C11H14N2O4S. The molecule has 7 heteroatoms. The van der Waals surface area contributed by atoms with Crippen molar-refractivity contribution >= 4 is 23.2 Å². The third-order valence-electron chi connectivity index (χ3n) is 2.67. The second-order valence-corrected chi connectivity index (χ2v) is 5.07. The van der Waals surface area contributed by atoms with Crippen LogP contribution in [0.15, 0.2) is 5.38 Å². The van der Waals surface area contributed by atoms with Crippen molar-refractivity contribution in [3.05, 3.63) is 16.1 Å². The number of ether oxygens (including phenoxy) is 1. The third-order valence-corrected chi connectivity index (χ3v) is 3.63. The van der Waals surface area contributed by atoms with Gasteiger partial charge in [0.05, 0.1) is 6.54 Å². The Kier molecular flexibility index (Phi) is 3.93. The summed E-state index contributed by atoms with van der Waals surface area (Å²) in [5.41, 5.74) is 0.923. The average Bonchev–Trinajstić information content (AvgIpc) is 2.94. The Bertz CT molecular complexity index is 460. The maximum absolute atomic E-state index is 11.7. The lowest BCUT2D eigenvalue weighted by molar-refractivity contribution is -0.151. The standard InChI is InChI=1S/C11H14N2O4S/c1-6-5-18-9(13-6)4-12-10(14)7-2-3-8(17-7)11(15)16/h5,7-8H,2-4H2,1H3,(H,12,14)(H,15,16). The van der Waals surface area contributed by atoms with Crippen LogP contribution in [0.5, 0.6) is 0 Å². The zero-order valence-corrected chi connectivity index (χ0v) is 10.7. The van der Waals surface area contributed by atoms with E-state index in [2.05, 4.69) is 10.3 Å². The largest absolute Gasteiger partial charge is 0.479 e. The van der Waals surface area contributed by atoms with E-state index < -0.39 is 18.2 Å². The van der Waals surface area contributed by atoms with Crippen molar-refractivity contribution in [3.8, 4) is 0 Å². The van der Waals surface area contributed by atoms with Gasteiger partial charge in [-0.05, 0) is 19.8 Å². The van der Waals surface area contributed by atoms with Crippen LogP contribution in [-0.4, -0.2) is 34.2 Å². The molecule has 1 fully saturated rings. The van der Waals surface area contributed by atoms with Crippen LogP contribution in [-0.2, 0) is 20.9 Å². The number of rotatable bonds is 4. The van der Waals surface area contributed by atoms with E-state index in [9.17, 15) is 9.59 Å². The Morgan fingerprint density at radius 3 is 2.83 bits per heavy atom. The maximum Gasteiger partial charge on any atom is 0.332 e. The van der Waals surface area contributed by atoms with E-state index in [1.165, 1.54) is 11.3 Å². The number of hydrogen-bond donors (Lipinski definition) is 2. The number of carboxylic acids is 1. The molecule has 0 bridgehead atoms. The zero-order valence-electron chi connectivity index (χ0n) is 9.88. The molecule has 2 unspecified atom stereocenters. The minimum absolute atomic E-state index is 0.272. The molecule has 1 amide bonds. The third kappa shape index (κ3) is 3.05. The van der Waals surface area contributed by atoms with E-state index >= 15 is 0 Å². The molecule has 1 aliphatic heterocycles. The molecule has 2 atom stereocenters. The Morgan fingerprint density at radius 1 is 1.56 bits per heavy atom. The summed E-state index contributed by atoms with van der Waals surface area (Å²) in [5, 5.41) is 14.2. The zero-order chi connectivity index (χ0) is 13.1. The van der Waals surface area contributed by atoms with E-state index in [0.29, 0.717) is 19.4 Å². The summed E-state index contributed by atoms with van der Waals surface area (Å²) in [6.07, 6.45) is -0.696. The number of nitrogens with one attached hydrogen (secondary N) is 1. The van der Waals surface area contributed by atoms with Crippen LogP contribution < -0.4 is 5.32 Å². The number of hydrogen-bond acceptors (Lipinski definition) is 5. The lowest BCUT2D eigenvalue weighted by Gasteiger charge is -2.10. The molecule has 98 valence electrons. The molecule has 0 saturated carbocycles. The summed E-state index contributed by atoms with van der Waals surface area (Å²) in [7, 11) is 0. The molecule has 0 aliphatic carbocycles. The lowest BCUT2D eigenvalue weighted by Crippen LogP contribution is -2.35. The van der Waals surface area contributed by atoms with Crippen molar-refractivity contribution in [2.24, 2.45) is 0 Å². The van der Waals surface area contributed by atoms with Crippen molar-refractivity contribution in [1.82, 2.24) is 10.3 Å². The Hall–Kier alpha value is -1.47. The predicted octanol–water partition coefficient (Wildman–Crippen LogP) is 0.700. The van der Waals surface area contributed by atoms with Gasteiger partial charge in [0.15, 0.2) is 6.10 Å². The monoisotopic (exact) mass is 270 g/mol. The van der Waals surface area contributed by atoms with Crippen LogP contribution >= 0.6 is 11.3 Å². The first-order valence-electron chi connectivity index (χ1n) is 5.63. The first-order valence-corrected chi connectivity index (χ1v) is 6.51. The van der Waals surface area contributed by atoms with Crippen molar-refractivity contribution in [2.45, 2.75) is 38.5 Å². The quantitative estimate of drug-likeness (QED) is 0.840. The predicted molar refractivity (Wildman–Crippen MR) is 64.2 cm³/mol. The molecule has 6 nitrogen and oxygen atoms in total. The molecule has 1 aromatic rings. The van der Waals surface area contributed by atoms with Gasteiger partial charge in [-0.15, -0.1) is 11.3 Å². The maximum atomic E-state index is 11.7. The first-order chi connectivity index (χ1) is 8.56. The minimum Gasteiger partial charge on any atom is -0.479 e. The van der Waals surface area contributed by atoms with Gasteiger partial charge in [0.1, 0.15) is 11.1 Å². The number of carboxylic acid groups (broad SMARTS) is 1. The molecule has 2 rings (SSSR count). The van der Waals surface area contributed by atoms with Gasteiger partial charge in [-0.1, -0.05) is 0 Å². The van der Waals surface area contributed by atoms with Gasteiger partial charge in [0, 0.05) is 11.1 Å². The van der Waals surface area contributed by atoms with Crippen LogP contribution in [0.25, 0.3) is 0 Å². The second-order valence-electron chi connectivity index (χ2n) is 4.13. The van der Waals surface area contributed by atoms with Gasteiger partial charge in [-0.2, -0.15) is 0 Å². The van der Waals surface area contributed by atoms with E-state index in [4.69, 9.17) is 9.84 Å². The molecule has 0 aromatic carbocycles. The summed E-state index contributed by atoms with van der Waals surface area (Å²) in [6.45, 7) is 2.24. The van der Waals surface area contributed by atoms with Crippen LogP contribution in [0.3, 0.4) is 0 Å². The fraction of sp³-hybridized carbons (Fsp3) is 0.545. The van der Waals surface area contributed by atoms with Crippen LogP contribution in [0, 0.1) is 6.92 Å².